The van der Waals surface area contributed by atoms with Crippen molar-refractivity contribution in [1.29, 1.82) is 0 Å². The second-order valence-electron chi connectivity index (χ2n) is 5.81. The van der Waals surface area contributed by atoms with Crippen molar-refractivity contribution < 1.29 is 14.1 Å². The largest absolute Gasteiger partial charge is 0.368 e. The number of rotatable bonds is 5. The third-order valence-corrected chi connectivity index (χ3v) is 5.17. The number of primary amides is 1. The minimum absolute atomic E-state index is 0.111. The molecule has 2 heterocycles. The molecule has 7 heteroatoms. The number of aryl methyl sites for hydroxylation is 2. The van der Waals surface area contributed by atoms with Gasteiger partial charge in [-0.25, -0.2) is 0 Å². The van der Waals surface area contributed by atoms with Crippen molar-refractivity contribution in [3.63, 3.8) is 0 Å². The lowest BCUT2D eigenvalue weighted by molar-refractivity contribution is -0.123. The van der Waals surface area contributed by atoms with Crippen molar-refractivity contribution in [2.75, 3.05) is 10.7 Å². The Labute approximate surface area is 144 Å². The Kier molecular flexibility index (Phi) is 4.62. The number of benzene rings is 1. The van der Waals surface area contributed by atoms with Crippen LogP contribution in [0.4, 0.5) is 5.69 Å². The highest BCUT2D eigenvalue weighted by Crippen LogP contribution is 2.32. The second kappa shape index (κ2) is 6.68. The third kappa shape index (κ3) is 3.03. The van der Waals surface area contributed by atoms with Crippen LogP contribution in [0.15, 0.2) is 28.8 Å². The molecule has 24 heavy (non-hydrogen) atoms. The Bertz CT molecular complexity index is 768. The average Bonchev–Trinajstić information content (AvgIpc) is 3.09. The Balaban J connectivity index is 1.70. The first-order chi connectivity index (χ1) is 11.5. The molecule has 0 unspecified atom stereocenters. The molecule has 6 nitrogen and oxygen atoms in total. The summed E-state index contributed by atoms with van der Waals surface area (Å²) in [5, 5.41) is 3.91. The smallest absolute Gasteiger partial charge is 0.240 e. The summed E-state index contributed by atoms with van der Waals surface area (Å²) in [6, 6.07) is 6.94. The van der Waals surface area contributed by atoms with Gasteiger partial charge in [0.15, 0.2) is 0 Å². The van der Waals surface area contributed by atoms with Gasteiger partial charge in [-0.05, 0) is 25.5 Å². The SMILES string of the molecule is Cc1noc(C)c1CSCC(=O)N1c2ccccc2C[C@H]1C(N)=O. The van der Waals surface area contributed by atoms with Crippen LogP contribution in [-0.2, 0) is 21.8 Å². The van der Waals surface area contributed by atoms with Gasteiger partial charge in [0.2, 0.25) is 11.8 Å². The highest BCUT2D eigenvalue weighted by atomic mass is 32.2. The quantitative estimate of drug-likeness (QED) is 0.895. The second-order valence-corrected chi connectivity index (χ2v) is 6.80. The molecule has 1 aromatic heterocycles. The highest BCUT2D eigenvalue weighted by molar-refractivity contribution is 7.99. The highest BCUT2D eigenvalue weighted by Gasteiger charge is 2.36. The Morgan fingerprint density at radius 1 is 1.38 bits per heavy atom. The minimum Gasteiger partial charge on any atom is -0.368 e. The van der Waals surface area contributed by atoms with Crippen LogP contribution in [0.5, 0.6) is 0 Å². The van der Waals surface area contributed by atoms with E-state index in [1.54, 1.807) is 0 Å². The van der Waals surface area contributed by atoms with E-state index in [1.807, 2.05) is 38.1 Å². The molecule has 2 N–H and O–H groups in total. The molecule has 0 aliphatic carbocycles. The predicted molar refractivity (Wildman–Crippen MR) is 92.8 cm³/mol. The molecule has 3 rings (SSSR count). The fourth-order valence-electron chi connectivity index (χ4n) is 2.94. The number of hydrogen-bond donors (Lipinski definition) is 1. The number of thioether (sulfide) groups is 1. The number of nitrogens with two attached hydrogens (primary N) is 1. The topological polar surface area (TPSA) is 89.4 Å². The molecule has 1 aromatic carbocycles. The Hall–Kier alpha value is -2.28. The number of carbonyl (C=O) groups excluding carboxylic acids is 2. The molecule has 1 atom stereocenters. The van der Waals surface area contributed by atoms with Gasteiger partial charge in [0, 0.05) is 23.4 Å². The van der Waals surface area contributed by atoms with Crippen LogP contribution in [0.25, 0.3) is 0 Å². The van der Waals surface area contributed by atoms with E-state index in [-0.39, 0.29) is 11.7 Å². The molecule has 0 saturated carbocycles. The Morgan fingerprint density at radius 3 is 2.79 bits per heavy atom. The van der Waals surface area contributed by atoms with Gasteiger partial charge in [0.05, 0.1) is 11.4 Å². The summed E-state index contributed by atoms with van der Waals surface area (Å²) in [6.07, 6.45) is 0.478. The molecule has 2 amide bonds. The average molecular weight is 345 g/mol. The number of para-hydroxylation sites is 1. The van der Waals surface area contributed by atoms with Crippen LogP contribution < -0.4 is 10.6 Å². The van der Waals surface area contributed by atoms with E-state index in [4.69, 9.17) is 10.3 Å². The van der Waals surface area contributed by atoms with Gasteiger partial charge in [-0.2, -0.15) is 0 Å². The summed E-state index contributed by atoms with van der Waals surface area (Å²) in [5.74, 6) is 1.09. The zero-order valence-corrected chi connectivity index (χ0v) is 14.4. The van der Waals surface area contributed by atoms with E-state index in [1.165, 1.54) is 16.7 Å². The van der Waals surface area contributed by atoms with Crippen molar-refractivity contribution in [2.45, 2.75) is 32.1 Å². The zero-order valence-electron chi connectivity index (χ0n) is 13.6. The van der Waals surface area contributed by atoms with E-state index >= 15 is 0 Å². The van der Waals surface area contributed by atoms with Crippen molar-refractivity contribution in [2.24, 2.45) is 5.73 Å². The van der Waals surface area contributed by atoms with Crippen LogP contribution >= 0.6 is 11.8 Å². The number of hydrogen-bond acceptors (Lipinski definition) is 5. The molecular weight excluding hydrogens is 326 g/mol. The van der Waals surface area contributed by atoms with Gasteiger partial charge in [-0.3, -0.25) is 14.5 Å². The van der Waals surface area contributed by atoms with Crippen LogP contribution in [0.3, 0.4) is 0 Å². The summed E-state index contributed by atoms with van der Waals surface area (Å²) < 4.78 is 5.13. The maximum atomic E-state index is 12.7. The number of carbonyl (C=O) groups is 2. The van der Waals surface area contributed by atoms with Gasteiger partial charge in [0.25, 0.3) is 0 Å². The van der Waals surface area contributed by atoms with Crippen LogP contribution in [-0.4, -0.2) is 28.8 Å². The normalized spacial score (nSPS) is 16.2. The lowest BCUT2D eigenvalue weighted by Gasteiger charge is -2.23. The van der Waals surface area contributed by atoms with Gasteiger partial charge in [-0.15, -0.1) is 11.8 Å². The first kappa shape index (κ1) is 16.6. The van der Waals surface area contributed by atoms with Crippen LogP contribution in [0.1, 0.15) is 22.6 Å². The third-order valence-electron chi connectivity index (χ3n) is 4.23. The van der Waals surface area contributed by atoms with Gasteiger partial charge >= 0.3 is 0 Å². The standard InChI is InChI=1S/C17H19N3O3S/c1-10-13(11(2)23-19-10)8-24-9-16(21)20-14-6-4-3-5-12(14)7-15(20)17(18)22/h3-6,15H,7-9H2,1-2H3,(H2,18,22)/t15-/m0/s1. The summed E-state index contributed by atoms with van der Waals surface area (Å²) >= 11 is 1.48. The fourth-order valence-corrected chi connectivity index (χ4v) is 3.97. The van der Waals surface area contributed by atoms with Crippen LogP contribution in [0.2, 0.25) is 0 Å². The van der Waals surface area contributed by atoms with E-state index in [2.05, 4.69) is 5.16 Å². The van der Waals surface area contributed by atoms with E-state index in [0.29, 0.717) is 12.2 Å². The minimum atomic E-state index is -0.602. The first-order valence-electron chi connectivity index (χ1n) is 7.67. The molecule has 0 radical (unpaired) electrons. The van der Waals surface area contributed by atoms with Gasteiger partial charge in [-0.1, -0.05) is 23.4 Å². The molecule has 0 spiro atoms. The lowest BCUT2D eigenvalue weighted by Crippen LogP contribution is -2.46. The summed E-state index contributed by atoms with van der Waals surface area (Å²) in [7, 11) is 0. The summed E-state index contributed by atoms with van der Waals surface area (Å²) in [6.45, 7) is 3.74. The number of fused-ring (bicyclic) bond motifs is 1. The number of aromatic nitrogens is 1. The summed E-state index contributed by atoms with van der Waals surface area (Å²) in [4.78, 5) is 26.0. The van der Waals surface area contributed by atoms with Crippen LogP contribution in [0, 0.1) is 13.8 Å². The number of amides is 2. The molecular formula is C17H19N3O3S. The molecule has 126 valence electrons. The molecule has 1 aliphatic rings. The van der Waals surface area contributed by atoms with Crippen molar-refractivity contribution in [3.8, 4) is 0 Å². The molecule has 2 aromatic rings. The van der Waals surface area contributed by atoms with Crippen molar-refractivity contribution in [1.82, 2.24) is 5.16 Å². The Morgan fingerprint density at radius 2 is 2.12 bits per heavy atom. The lowest BCUT2D eigenvalue weighted by atomic mass is 10.1. The molecule has 0 fully saturated rings. The fraction of sp³-hybridized carbons (Fsp3) is 0.353. The van der Waals surface area contributed by atoms with E-state index in [9.17, 15) is 9.59 Å². The van der Waals surface area contributed by atoms with Gasteiger partial charge < -0.3 is 10.3 Å². The van der Waals surface area contributed by atoms with Gasteiger partial charge in [0.1, 0.15) is 11.8 Å². The summed E-state index contributed by atoms with van der Waals surface area (Å²) in [5.41, 5.74) is 9.11. The monoisotopic (exact) mass is 345 g/mol. The number of nitrogens with zero attached hydrogens (tertiary/aromatic N) is 2. The van der Waals surface area contributed by atoms with E-state index in [0.717, 1.165) is 28.3 Å². The van der Waals surface area contributed by atoms with Crippen molar-refractivity contribution in [3.05, 3.63) is 46.8 Å². The first-order valence-corrected chi connectivity index (χ1v) is 8.83. The maximum Gasteiger partial charge on any atom is 0.240 e. The molecule has 0 saturated heterocycles. The van der Waals surface area contributed by atoms with E-state index < -0.39 is 11.9 Å². The maximum absolute atomic E-state index is 12.7. The molecule has 0 bridgehead atoms. The van der Waals surface area contributed by atoms with Crippen molar-refractivity contribution >= 4 is 29.3 Å². The number of anilines is 1. The molecule has 1 aliphatic heterocycles. The zero-order chi connectivity index (χ0) is 17.3. The predicted octanol–water partition coefficient (Wildman–Crippen LogP) is 1.97.